The van der Waals surface area contributed by atoms with E-state index < -0.39 is 29.1 Å². The quantitative estimate of drug-likeness (QED) is 0.591. The van der Waals surface area contributed by atoms with Crippen molar-refractivity contribution in [2.45, 2.75) is 69.4 Å². The van der Waals surface area contributed by atoms with Gasteiger partial charge in [0, 0.05) is 19.1 Å². The molecule has 0 unspecified atom stereocenters. The molecular formula is C28H35N3O4. The van der Waals surface area contributed by atoms with E-state index >= 15 is 0 Å². The monoisotopic (exact) mass is 477 g/mol. The first kappa shape index (κ1) is 23.8. The molecule has 4 aliphatic rings. The predicted octanol–water partition coefficient (Wildman–Crippen LogP) is 2.72. The zero-order valence-electron chi connectivity index (χ0n) is 20.5. The summed E-state index contributed by atoms with van der Waals surface area (Å²) >= 11 is 0. The van der Waals surface area contributed by atoms with Crippen LogP contribution in [0.25, 0.3) is 0 Å². The molecule has 2 bridgehead atoms. The molecule has 35 heavy (non-hydrogen) atoms. The molecule has 7 atom stereocenters. The van der Waals surface area contributed by atoms with Crippen LogP contribution >= 0.6 is 0 Å². The molecule has 186 valence electrons. The zero-order valence-corrected chi connectivity index (χ0v) is 20.5. The number of carbonyl (C=O) groups is 3. The van der Waals surface area contributed by atoms with Crippen molar-refractivity contribution in [3.63, 3.8) is 0 Å². The second kappa shape index (κ2) is 8.94. The highest BCUT2D eigenvalue weighted by Gasteiger charge is 2.76. The van der Waals surface area contributed by atoms with E-state index in [2.05, 4.69) is 24.1 Å². The minimum Gasteiger partial charge on any atom is -0.356 e. The minimum atomic E-state index is -1.17. The Balaban J connectivity index is 1.42. The van der Waals surface area contributed by atoms with Gasteiger partial charge in [0.15, 0.2) is 0 Å². The van der Waals surface area contributed by atoms with E-state index in [-0.39, 0.29) is 30.3 Å². The van der Waals surface area contributed by atoms with Crippen LogP contribution in [0, 0.1) is 17.8 Å². The largest absolute Gasteiger partial charge is 0.356 e. The molecule has 5 rings (SSSR count). The number of hydrogen-bond acceptors (Lipinski definition) is 4. The predicted molar refractivity (Wildman–Crippen MR) is 132 cm³/mol. The fourth-order valence-electron chi connectivity index (χ4n) is 6.65. The third-order valence-corrected chi connectivity index (χ3v) is 8.40. The Labute approximate surface area is 207 Å². The number of hydrogen-bond donors (Lipinski definition) is 2. The first-order valence-electron chi connectivity index (χ1n) is 12.7. The van der Waals surface area contributed by atoms with E-state index in [0.29, 0.717) is 12.5 Å². The fraction of sp³-hybridized carbons (Fsp3) is 0.536. The first-order chi connectivity index (χ1) is 16.8. The van der Waals surface area contributed by atoms with Crippen molar-refractivity contribution >= 4 is 17.7 Å². The summed E-state index contributed by atoms with van der Waals surface area (Å²) in [5.74, 6) is -1.70. The van der Waals surface area contributed by atoms with Crippen LogP contribution < -0.4 is 10.6 Å². The van der Waals surface area contributed by atoms with Gasteiger partial charge in [-0.2, -0.15) is 0 Å². The van der Waals surface area contributed by atoms with Gasteiger partial charge in [-0.15, -0.1) is 6.58 Å². The number of ether oxygens (including phenoxy) is 1. The maximum Gasteiger partial charge on any atom is 0.246 e. The second-order valence-corrected chi connectivity index (χ2v) is 10.7. The van der Waals surface area contributed by atoms with Crippen molar-refractivity contribution in [3.05, 3.63) is 60.7 Å². The zero-order chi connectivity index (χ0) is 24.8. The average molecular weight is 478 g/mol. The van der Waals surface area contributed by atoms with Gasteiger partial charge in [0.25, 0.3) is 0 Å². The molecule has 2 N–H and O–H groups in total. The average Bonchev–Trinajstić information content (AvgIpc) is 3.41. The molecule has 0 aromatic heterocycles. The smallest absolute Gasteiger partial charge is 0.246 e. The Morgan fingerprint density at radius 1 is 1.17 bits per heavy atom. The molecule has 1 saturated carbocycles. The number of nitrogens with zero attached hydrogens (tertiary/aromatic N) is 1. The highest BCUT2D eigenvalue weighted by Crippen LogP contribution is 2.59. The molecule has 7 heteroatoms. The van der Waals surface area contributed by atoms with Crippen molar-refractivity contribution in [2.24, 2.45) is 17.8 Å². The van der Waals surface area contributed by atoms with Crippen LogP contribution in [0.15, 0.2) is 55.1 Å². The molecular weight excluding hydrogens is 442 g/mol. The van der Waals surface area contributed by atoms with Crippen LogP contribution in [0.3, 0.4) is 0 Å². The molecule has 1 aliphatic carbocycles. The molecule has 7 nitrogen and oxygen atoms in total. The molecule has 3 aliphatic heterocycles. The fourth-order valence-corrected chi connectivity index (χ4v) is 6.65. The molecule has 2 saturated heterocycles. The lowest BCUT2D eigenvalue weighted by atomic mass is 9.70. The van der Waals surface area contributed by atoms with Gasteiger partial charge in [-0.3, -0.25) is 14.4 Å². The van der Waals surface area contributed by atoms with Gasteiger partial charge < -0.3 is 20.3 Å². The Hall–Kier alpha value is -2.93. The Bertz CT molecular complexity index is 1060. The van der Waals surface area contributed by atoms with Crippen molar-refractivity contribution in [3.8, 4) is 0 Å². The van der Waals surface area contributed by atoms with Crippen LogP contribution in [-0.4, -0.2) is 52.5 Å². The van der Waals surface area contributed by atoms with Gasteiger partial charge in [-0.05, 0) is 31.2 Å². The van der Waals surface area contributed by atoms with E-state index in [1.165, 1.54) is 11.3 Å². The number of rotatable bonds is 7. The molecule has 1 aromatic carbocycles. The summed E-state index contributed by atoms with van der Waals surface area (Å²) in [4.78, 5) is 42.5. The van der Waals surface area contributed by atoms with E-state index in [9.17, 15) is 14.4 Å². The van der Waals surface area contributed by atoms with Crippen LogP contribution in [0.1, 0.15) is 45.1 Å². The van der Waals surface area contributed by atoms with Crippen molar-refractivity contribution < 1.29 is 19.1 Å². The lowest BCUT2D eigenvalue weighted by molar-refractivity contribution is -0.144. The number of benzene rings is 1. The molecule has 3 amide bonds. The molecule has 0 radical (unpaired) electrons. The van der Waals surface area contributed by atoms with Gasteiger partial charge in [0.2, 0.25) is 17.7 Å². The number of carbonyl (C=O) groups excluding carboxylic acids is 3. The number of fused-ring (bicyclic) bond motifs is 1. The summed E-state index contributed by atoms with van der Waals surface area (Å²) < 4.78 is 6.52. The van der Waals surface area contributed by atoms with E-state index in [1.54, 1.807) is 6.08 Å². The van der Waals surface area contributed by atoms with E-state index in [4.69, 9.17) is 4.74 Å². The van der Waals surface area contributed by atoms with Gasteiger partial charge in [0.1, 0.15) is 11.6 Å². The Morgan fingerprint density at radius 2 is 1.91 bits per heavy atom. The van der Waals surface area contributed by atoms with Gasteiger partial charge in [0.05, 0.1) is 17.4 Å². The summed E-state index contributed by atoms with van der Waals surface area (Å²) in [6.07, 6.45) is 9.65. The van der Waals surface area contributed by atoms with Crippen LogP contribution in [0.5, 0.6) is 0 Å². The lowest BCUT2D eigenvalue weighted by Crippen LogP contribution is -2.54. The Morgan fingerprint density at radius 3 is 2.63 bits per heavy atom. The third-order valence-electron chi connectivity index (χ3n) is 8.40. The van der Waals surface area contributed by atoms with E-state index in [1.807, 2.05) is 49.4 Å². The van der Waals surface area contributed by atoms with Crippen LogP contribution in [0.2, 0.25) is 0 Å². The van der Waals surface area contributed by atoms with Crippen molar-refractivity contribution in [1.82, 2.24) is 15.5 Å². The lowest BCUT2D eigenvalue weighted by Gasteiger charge is -2.34. The van der Waals surface area contributed by atoms with Gasteiger partial charge in [-0.25, -0.2) is 0 Å². The standard InChI is InChI=1S/C28H35N3O4/c1-4-16-31-23(25(33)29-17-19-11-6-5-7-12-19)28-15-14-27(3,35-28)21(22(28)26(31)34)24(32)30-20-13-9-8-10-18(20)2/h4-7,11-12,14-15,18,20-23H,1,8-10,13,16-17H2,2-3H3,(H,29,33)(H,30,32)/t18-,20+,21+,22-,23-,27+,28-/m0/s1. The highest BCUT2D eigenvalue weighted by atomic mass is 16.5. The Kier molecular flexibility index (Phi) is 6.08. The highest BCUT2D eigenvalue weighted by molar-refractivity contribution is 6.00. The summed E-state index contributed by atoms with van der Waals surface area (Å²) in [6.45, 7) is 8.37. The normalized spacial score (nSPS) is 37.3. The molecule has 3 fully saturated rings. The summed E-state index contributed by atoms with van der Waals surface area (Å²) in [5.41, 5.74) is -1.14. The molecule has 1 aromatic rings. The summed E-state index contributed by atoms with van der Waals surface area (Å²) in [7, 11) is 0. The maximum absolute atomic E-state index is 13.8. The number of nitrogens with one attached hydrogen (secondary N) is 2. The van der Waals surface area contributed by atoms with Crippen molar-refractivity contribution in [1.29, 1.82) is 0 Å². The van der Waals surface area contributed by atoms with E-state index in [0.717, 1.165) is 24.8 Å². The maximum atomic E-state index is 13.8. The number of likely N-dealkylation sites (tertiary alicyclic amines) is 1. The minimum absolute atomic E-state index is 0.102. The SMILES string of the molecule is C=CCN1C(=O)[C@@H]2[C@H](C(=O)N[C@@H]3CCCC[C@@H]3C)[C@@]3(C)C=C[C@@]2(O3)[C@@H]1C(=O)NCc1ccccc1. The topological polar surface area (TPSA) is 87.7 Å². The number of amides is 3. The first-order valence-corrected chi connectivity index (χ1v) is 12.7. The van der Waals surface area contributed by atoms with Gasteiger partial charge in [-0.1, -0.05) is 68.3 Å². The second-order valence-electron chi connectivity index (χ2n) is 10.7. The summed E-state index contributed by atoms with van der Waals surface area (Å²) in [6, 6.07) is 8.87. The van der Waals surface area contributed by atoms with Crippen LogP contribution in [-0.2, 0) is 25.7 Å². The third kappa shape index (κ3) is 3.80. The summed E-state index contributed by atoms with van der Waals surface area (Å²) in [5, 5.41) is 6.23. The van der Waals surface area contributed by atoms with Gasteiger partial charge >= 0.3 is 0 Å². The van der Waals surface area contributed by atoms with Crippen LogP contribution in [0.4, 0.5) is 0 Å². The molecule has 3 heterocycles. The molecule has 1 spiro atoms. The van der Waals surface area contributed by atoms with Crippen molar-refractivity contribution in [2.75, 3.05) is 6.54 Å².